The summed E-state index contributed by atoms with van der Waals surface area (Å²) >= 11 is 0. The molecule has 0 aliphatic rings. The Labute approximate surface area is 103 Å². The number of carbonyl (C=O) groups excluding carboxylic acids is 1. The number of benzene rings is 1. The summed E-state index contributed by atoms with van der Waals surface area (Å²) in [7, 11) is 0. The zero-order valence-corrected chi connectivity index (χ0v) is 10.8. The van der Waals surface area contributed by atoms with E-state index in [0.717, 1.165) is 24.1 Å². The van der Waals surface area contributed by atoms with E-state index in [-0.39, 0.29) is 5.91 Å². The van der Waals surface area contributed by atoms with Crippen LogP contribution in [0.1, 0.15) is 37.3 Å². The first-order valence-corrected chi connectivity index (χ1v) is 5.90. The van der Waals surface area contributed by atoms with E-state index in [0.29, 0.717) is 6.42 Å². The molecule has 1 N–H and O–H groups in total. The van der Waals surface area contributed by atoms with E-state index in [2.05, 4.69) is 23.2 Å². The van der Waals surface area contributed by atoms with Crippen molar-refractivity contribution in [2.24, 2.45) is 0 Å². The van der Waals surface area contributed by atoms with Gasteiger partial charge < -0.3 is 5.32 Å². The normalized spacial score (nSPS) is 9.35. The van der Waals surface area contributed by atoms with Crippen molar-refractivity contribution < 1.29 is 4.79 Å². The van der Waals surface area contributed by atoms with Crippen molar-refractivity contribution in [3.05, 3.63) is 29.3 Å². The van der Waals surface area contributed by atoms with Gasteiger partial charge in [-0.25, -0.2) is 0 Å². The van der Waals surface area contributed by atoms with Gasteiger partial charge in [0.1, 0.15) is 0 Å². The van der Waals surface area contributed by atoms with Gasteiger partial charge in [0.05, 0.1) is 0 Å². The van der Waals surface area contributed by atoms with Crippen molar-refractivity contribution in [3.8, 4) is 11.8 Å². The molecule has 0 aliphatic carbocycles. The van der Waals surface area contributed by atoms with Crippen molar-refractivity contribution in [1.82, 2.24) is 0 Å². The molecule has 0 bridgehead atoms. The third-order valence-corrected chi connectivity index (χ3v) is 2.54. The Hall–Kier alpha value is -1.75. The van der Waals surface area contributed by atoms with Crippen LogP contribution in [0, 0.1) is 25.7 Å². The minimum absolute atomic E-state index is 0.0647. The van der Waals surface area contributed by atoms with E-state index in [9.17, 15) is 4.79 Å². The van der Waals surface area contributed by atoms with Crippen LogP contribution in [-0.4, -0.2) is 5.91 Å². The fraction of sp³-hybridized carbons (Fsp3) is 0.400. The number of aryl methyl sites for hydroxylation is 2. The minimum atomic E-state index is 0.0647. The van der Waals surface area contributed by atoms with Gasteiger partial charge in [0.2, 0.25) is 5.91 Å². The predicted molar refractivity (Wildman–Crippen MR) is 71.8 cm³/mol. The maximum atomic E-state index is 11.7. The van der Waals surface area contributed by atoms with Crippen LogP contribution in [0.5, 0.6) is 0 Å². The van der Waals surface area contributed by atoms with E-state index >= 15 is 0 Å². The number of anilines is 1. The van der Waals surface area contributed by atoms with Crippen molar-refractivity contribution >= 4 is 11.6 Å². The molecule has 0 aliphatic heterocycles. The van der Waals surface area contributed by atoms with Crippen LogP contribution in [0.2, 0.25) is 0 Å². The highest BCUT2D eigenvalue weighted by molar-refractivity contribution is 5.91. The number of carbonyl (C=O) groups is 1. The maximum absolute atomic E-state index is 11.7. The molecule has 1 amide bonds. The number of rotatable bonds is 4. The first-order chi connectivity index (χ1) is 8.13. The third-order valence-electron chi connectivity index (χ3n) is 2.54. The highest BCUT2D eigenvalue weighted by Crippen LogP contribution is 2.16. The summed E-state index contributed by atoms with van der Waals surface area (Å²) in [5.74, 6) is 5.85. The van der Waals surface area contributed by atoms with Gasteiger partial charge in [-0.15, -0.1) is 11.8 Å². The number of nitrogens with one attached hydrogen (secondary N) is 1. The van der Waals surface area contributed by atoms with Crippen molar-refractivity contribution in [1.29, 1.82) is 0 Å². The van der Waals surface area contributed by atoms with Crippen LogP contribution < -0.4 is 5.32 Å². The van der Waals surface area contributed by atoms with Gasteiger partial charge in [-0.1, -0.05) is 17.7 Å². The molecule has 0 aromatic heterocycles. The molecular weight excluding hydrogens is 210 g/mol. The minimum Gasteiger partial charge on any atom is -0.326 e. The standard InChI is InChI=1S/C15H19NO/c1-4-5-6-7-8-15(17)16-14-10-9-12(2)11-13(14)3/h9-11H,6-8H2,1-3H3,(H,16,17). The van der Waals surface area contributed by atoms with Gasteiger partial charge in [-0.05, 0) is 38.8 Å². The molecular formula is C15H19NO. The molecule has 0 unspecified atom stereocenters. The fourth-order valence-electron chi connectivity index (χ4n) is 1.63. The molecule has 1 aromatic rings. The van der Waals surface area contributed by atoms with E-state index in [1.165, 1.54) is 5.56 Å². The third kappa shape index (κ3) is 4.74. The van der Waals surface area contributed by atoms with Gasteiger partial charge >= 0.3 is 0 Å². The zero-order valence-electron chi connectivity index (χ0n) is 10.8. The summed E-state index contributed by atoms with van der Waals surface area (Å²) in [5, 5.41) is 2.93. The first kappa shape index (κ1) is 13.3. The summed E-state index contributed by atoms with van der Waals surface area (Å²) in [6.07, 6.45) is 2.14. The van der Waals surface area contributed by atoms with Crippen LogP contribution in [0.3, 0.4) is 0 Å². The number of unbranched alkanes of at least 4 members (excludes halogenated alkanes) is 1. The van der Waals surface area contributed by atoms with E-state index in [1.54, 1.807) is 0 Å². The Morgan fingerprint density at radius 1 is 1.35 bits per heavy atom. The quantitative estimate of drug-likeness (QED) is 0.622. The molecule has 0 radical (unpaired) electrons. The average molecular weight is 229 g/mol. The largest absolute Gasteiger partial charge is 0.326 e. The van der Waals surface area contributed by atoms with E-state index < -0.39 is 0 Å². The molecule has 0 heterocycles. The van der Waals surface area contributed by atoms with Crippen LogP contribution >= 0.6 is 0 Å². The van der Waals surface area contributed by atoms with Crippen molar-refractivity contribution in [2.75, 3.05) is 5.32 Å². The number of hydrogen-bond acceptors (Lipinski definition) is 1. The van der Waals surface area contributed by atoms with Crippen LogP contribution in [0.15, 0.2) is 18.2 Å². The Bertz CT molecular complexity index is 452. The molecule has 2 heteroatoms. The average Bonchev–Trinajstić information content (AvgIpc) is 2.28. The number of hydrogen-bond donors (Lipinski definition) is 1. The summed E-state index contributed by atoms with van der Waals surface area (Å²) in [6.45, 7) is 5.86. The second-order valence-corrected chi connectivity index (χ2v) is 4.15. The molecule has 0 saturated heterocycles. The lowest BCUT2D eigenvalue weighted by Gasteiger charge is -2.08. The Morgan fingerprint density at radius 3 is 2.76 bits per heavy atom. The molecule has 0 fully saturated rings. The lowest BCUT2D eigenvalue weighted by Crippen LogP contribution is -2.11. The zero-order chi connectivity index (χ0) is 12.7. The molecule has 1 aromatic carbocycles. The monoisotopic (exact) mass is 229 g/mol. The lowest BCUT2D eigenvalue weighted by molar-refractivity contribution is -0.116. The van der Waals surface area contributed by atoms with Gasteiger partial charge in [0.15, 0.2) is 0 Å². The summed E-state index contributed by atoms with van der Waals surface area (Å²) in [4.78, 5) is 11.7. The predicted octanol–water partition coefficient (Wildman–Crippen LogP) is 3.44. The molecule has 0 spiro atoms. The van der Waals surface area contributed by atoms with Gasteiger partial charge in [0, 0.05) is 18.5 Å². The fourth-order valence-corrected chi connectivity index (χ4v) is 1.63. The van der Waals surface area contributed by atoms with Crippen molar-refractivity contribution in [2.45, 2.75) is 40.0 Å². The summed E-state index contributed by atoms with van der Waals surface area (Å²) < 4.78 is 0. The molecule has 1 rings (SSSR count). The summed E-state index contributed by atoms with van der Waals surface area (Å²) in [5.41, 5.74) is 3.22. The number of amides is 1. The van der Waals surface area contributed by atoms with Crippen molar-refractivity contribution in [3.63, 3.8) is 0 Å². The highest BCUT2D eigenvalue weighted by atomic mass is 16.1. The second kappa shape index (κ2) is 6.75. The Morgan fingerprint density at radius 2 is 2.12 bits per heavy atom. The molecule has 2 nitrogen and oxygen atoms in total. The smallest absolute Gasteiger partial charge is 0.224 e. The topological polar surface area (TPSA) is 29.1 Å². The van der Waals surface area contributed by atoms with Crippen LogP contribution in [0.4, 0.5) is 5.69 Å². The van der Waals surface area contributed by atoms with Gasteiger partial charge in [0.25, 0.3) is 0 Å². The van der Waals surface area contributed by atoms with Crippen LogP contribution in [-0.2, 0) is 4.79 Å². The van der Waals surface area contributed by atoms with E-state index in [1.807, 2.05) is 32.9 Å². The SMILES string of the molecule is CC#CCCCC(=O)Nc1ccc(C)cc1C. The van der Waals surface area contributed by atoms with Gasteiger partial charge in [-0.2, -0.15) is 0 Å². The first-order valence-electron chi connectivity index (χ1n) is 5.90. The van der Waals surface area contributed by atoms with Crippen LogP contribution in [0.25, 0.3) is 0 Å². The Balaban J connectivity index is 2.47. The second-order valence-electron chi connectivity index (χ2n) is 4.15. The molecule has 17 heavy (non-hydrogen) atoms. The summed E-state index contributed by atoms with van der Waals surface area (Å²) in [6, 6.07) is 6.03. The maximum Gasteiger partial charge on any atom is 0.224 e. The molecule has 90 valence electrons. The lowest BCUT2D eigenvalue weighted by atomic mass is 10.1. The Kier molecular flexibility index (Phi) is 5.29. The molecule has 0 saturated carbocycles. The highest BCUT2D eigenvalue weighted by Gasteiger charge is 2.03. The molecule has 0 atom stereocenters. The van der Waals surface area contributed by atoms with Gasteiger partial charge in [-0.3, -0.25) is 4.79 Å². The van der Waals surface area contributed by atoms with E-state index in [4.69, 9.17) is 0 Å².